The van der Waals surface area contributed by atoms with Crippen LogP contribution in [0.2, 0.25) is 0 Å². The molecular weight excluding hydrogens is 263 g/mol. The number of aromatic nitrogens is 2. The van der Waals surface area contributed by atoms with Crippen molar-refractivity contribution in [2.24, 2.45) is 0 Å². The molecule has 0 spiro atoms. The lowest BCUT2D eigenvalue weighted by atomic mass is 9.98. The average Bonchev–Trinajstić information content (AvgIpc) is 2.52. The Morgan fingerprint density at radius 2 is 2.39 bits per heavy atom. The van der Waals surface area contributed by atoms with E-state index in [9.17, 15) is 14.3 Å². The van der Waals surface area contributed by atoms with Crippen LogP contribution in [0.25, 0.3) is 0 Å². The molecule has 1 unspecified atom stereocenters. The van der Waals surface area contributed by atoms with Crippen molar-refractivity contribution >= 4 is 12.2 Å². The van der Waals surface area contributed by atoms with E-state index in [0.717, 1.165) is 0 Å². The van der Waals surface area contributed by atoms with E-state index in [4.69, 9.17) is 22.1 Å². The molecule has 1 saturated heterocycles. The van der Waals surface area contributed by atoms with Crippen molar-refractivity contribution in [3.8, 4) is 0 Å². The number of aromatic amines is 1. The van der Waals surface area contributed by atoms with E-state index in [2.05, 4.69) is 4.98 Å². The number of alkyl halides is 1. The summed E-state index contributed by atoms with van der Waals surface area (Å²) in [5, 5.41) is 19.1. The molecule has 0 bridgehead atoms. The Morgan fingerprint density at radius 1 is 1.72 bits per heavy atom. The predicted molar refractivity (Wildman–Crippen MR) is 62.4 cm³/mol. The van der Waals surface area contributed by atoms with E-state index < -0.39 is 36.3 Å². The summed E-state index contributed by atoms with van der Waals surface area (Å²) in [6, 6.07) is 1.19. The lowest BCUT2D eigenvalue weighted by Gasteiger charge is -2.26. The quantitative estimate of drug-likeness (QED) is 0.656. The Balaban J connectivity index is 2.45. The summed E-state index contributed by atoms with van der Waals surface area (Å²) in [5.74, 6) is 0. The molecule has 3 N–H and O–H groups in total. The number of aliphatic hydroxyl groups is 2. The highest BCUT2D eigenvalue weighted by atomic mass is 32.1. The monoisotopic (exact) mass is 276 g/mol. The van der Waals surface area contributed by atoms with Gasteiger partial charge >= 0.3 is 0 Å². The van der Waals surface area contributed by atoms with Gasteiger partial charge in [0.05, 0.1) is 6.61 Å². The van der Waals surface area contributed by atoms with Crippen LogP contribution >= 0.6 is 12.2 Å². The zero-order valence-corrected chi connectivity index (χ0v) is 10.4. The van der Waals surface area contributed by atoms with E-state index in [-0.39, 0.29) is 4.77 Å². The van der Waals surface area contributed by atoms with Gasteiger partial charge in [-0.1, -0.05) is 0 Å². The van der Waals surface area contributed by atoms with Gasteiger partial charge in [0.15, 0.2) is 17.2 Å². The van der Waals surface area contributed by atoms with E-state index in [0.29, 0.717) is 0 Å². The molecular formula is C10H13FN2O4S. The molecule has 0 aliphatic carbocycles. The third-order valence-electron chi connectivity index (χ3n) is 2.97. The van der Waals surface area contributed by atoms with Crippen molar-refractivity contribution in [3.05, 3.63) is 27.4 Å². The maximum Gasteiger partial charge on any atom is 0.251 e. The second-order valence-corrected chi connectivity index (χ2v) is 4.74. The molecule has 18 heavy (non-hydrogen) atoms. The van der Waals surface area contributed by atoms with Crippen molar-refractivity contribution in [3.63, 3.8) is 0 Å². The van der Waals surface area contributed by atoms with Gasteiger partial charge in [-0.2, -0.15) is 0 Å². The predicted octanol–water partition coefficient (Wildman–Crippen LogP) is -0.115. The van der Waals surface area contributed by atoms with Crippen LogP contribution in [-0.2, 0) is 4.74 Å². The number of halogens is 1. The zero-order chi connectivity index (χ0) is 13.5. The standard InChI is InChI=1S/C10H13FN2O4S/c1-10(16)7(11)5(4-14)17-8(10)13-3-2-6(15)12-9(13)18/h2-3,5,7-8,14,16H,4H2,1H3,(H,12,15,18)/t5-,7+,8-,10?/m1/s1. The fourth-order valence-electron chi connectivity index (χ4n) is 1.98. The Labute approximate surface area is 107 Å². The molecule has 2 rings (SSSR count). The van der Waals surface area contributed by atoms with Crippen LogP contribution in [0, 0.1) is 4.77 Å². The largest absolute Gasteiger partial charge is 0.394 e. The van der Waals surface area contributed by atoms with E-state index in [1.54, 1.807) is 0 Å². The first-order valence-electron chi connectivity index (χ1n) is 5.32. The number of nitrogens with one attached hydrogen (secondary N) is 1. The van der Waals surface area contributed by atoms with Crippen LogP contribution < -0.4 is 5.56 Å². The minimum absolute atomic E-state index is 0.0126. The molecule has 6 nitrogen and oxygen atoms in total. The van der Waals surface area contributed by atoms with Gasteiger partial charge in [-0.3, -0.25) is 14.3 Å². The first-order valence-corrected chi connectivity index (χ1v) is 5.73. The highest BCUT2D eigenvalue weighted by Crippen LogP contribution is 2.39. The molecule has 1 aromatic rings. The molecule has 1 aliphatic heterocycles. The number of nitrogens with zero attached hydrogens (tertiary/aromatic N) is 1. The third-order valence-corrected chi connectivity index (χ3v) is 3.29. The van der Waals surface area contributed by atoms with Crippen LogP contribution in [0.3, 0.4) is 0 Å². The summed E-state index contributed by atoms with van der Waals surface area (Å²) in [7, 11) is 0. The van der Waals surface area contributed by atoms with Crippen molar-refractivity contribution < 1.29 is 19.3 Å². The fourth-order valence-corrected chi connectivity index (χ4v) is 2.24. The van der Waals surface area contributed by atoms with E-state index >= 15 is 0 Å². The van der Waals surface area contributed by atoms with Crippen molar-refractivity contribution in [2.45, 2.75) is 31.0 Å². The van der Waals surface area contributed by atoms with Gasteiger partial charge in [0.1, 0.15) is 11.7 Å². The van der Waals surface area contributed by atoms with Crippen LogP contribution in [0.5, 0.6) is 0 Å². The van der Waals surface area contributed by atoms with Crippen molar-refractivity contribution in [1.82, 2.24) is 9.55 Å². The second kappa shape index (κ2) is 4.54. The first-order chi connectivity index (χ1) is 8.37. The summed E-state index contributed by atoms with van der Waals surface area (Å²) >= 11 is 4.92. The fraction of sp³-hybridized carbons (Fsp3) is 0.600. The van der Waals surface area contributed by atoms with Crippen LogP contribution in [0.1, 0.15) is 13.2 Å². The summed E-state index contributed by atoms with van der Waals surface area (Å²) in [4.78, 5) is 13.4. The average molecular weight is 276 g/mol. The Kier molecular flexibility index (Phi) is 3.37. The SMILES string of the molecule is CC1(O)[C@@H](F)[C@@H](CO)O[C@H]1n1ccc(=O)[nH]c1=S. The summed E-state index contributed by atoms with van der Waals surface area (Å²) in [5.41, 5.74) is -2.24. The Morgan fingerprint density at radius 3 is 2.89 bits per heavy atom. The number of hydrogen-bond donors (Lipinski definition) is 3. The van der Waals surface area contributed by atoms with Crippen LogP contribution in [0.4, 0.5) is 4.39 Å². The van der Waals surface area contributed by atoms with Gasteiger partial charge in [-0.15, -0.1) is 0 Å². The Bertz CT molecular complexity index is 555. The lowest BCUT2D eigenvalue weighted by Crippen LogP contribution is -2.42. The highest BCUT2D eigenvalue weighted by molar-refractivity contribution is 7.71. The summed E-state index contributed by atoms with van der Waals surface area (Å²) < 4.78 is 20.4. The van der Waals surface area contributed by atoms with Gasteiger partial charge in [0.2, 0.25) is 0 Å². The third kappa shape index (κ3) is 2.01. The molecule has 1 aromatic heterocycles. The summed E-state index contributed by atoms with van der Waals surface area (Å²) in [6.45, 7) is 0.704. The molecule has 0 amide bonds. The number of H-pyrrole nitrogens is 1. The zero-order valence-electron chi connectivity index (χ0n) is 9.54. The topological polar surface area (TPSA) is 87.5 Å². The maximum atomic E-state index is 13.9. The van der Waals surface area contributed by atoms with E-state index in [1.807, 2.05) is 0 Å². The number of hydrogen-bond acceptors (Lipinski definition) is 5. The van der Waals surface area contributed by atoms with E-state index in [1.165, 1.54) is 23.8 Å². The number of aliphatic hydroxyl groups excluding tert-OH is 1. The molecule has 0 aromatic carbocycles. The second-order valence-electron chi connectivity index (χ2n) is 4.35. The number of ether oxygens (including phenoxy) is 1. The minimum atomic E-state index is -1.84. The molecule has 2 heterocycles. The smallest absolute Gasteiger partial charge is 0.251 e. The molecule has 0 saturated carbocycles. The Hall–Kier alpha value is -1.09. The summed E-state index contributed by atoms with van der Waals surface area (Å²) in [6.07, 6.45) is -2.67. The van der Waals surface area contributed by atoms with Gasteiger partial charge < -0.3 is 14.9 Å². The molecule has 1 fully saturated rings. The normalized spacial score (nSPS) is 35.9. The lowest BCUT2D eigenvalue weighted by molar-refractivity contribution is -0.0924. The number of rotatable bonds is 2. The van der Waals surface area contributed by atoms with Gasteiger partial charge in [0, 0.05) is 12.3 Å². The van der Waals surface area contributed by atoms with Gasteiger partial charge in [-0.25, -0.2) is 4.39 Å². The highest BCUT2D eigenvalue weighted by Gasteiger charge is 2.54. The molecule has 8 heteroatoms. The van der Waals surface area contributed by atoms with Gasteiger partial charge in [-0.05, 0) is 19.1 Å². The van der Waals surface area contributed by atoms with Crippen molar-refractivity contribution in [1.29, 1.82) is 0 Å². The molecule has 100 valence electrons. The minimum Gasteiger partial charge on any atom is -0.394 e. The van der Waals surface area contributed by atoms with Crippen LogP contribution in [0.15, 0.2) is 17.1 Å². The first kappa shape index (κ1) is 13.3. The van der Waals surface area contributed by atoms with Crippen molar-refractivity contribution in [2.75, 3.05) is 6.61 Å². The van der Waals surface area contributed by atoms with Gasteiger partial charge in [0.25, 0.3) is 5.56 Å². The molecule has 4 atom stereocenters. The van der Waals surface area contributed by atoms with Crippen LogP contribution in [-0.4, -0.2) is 44.2 Å². The molecule has 0 radical (unpaired) electrons. The maximum absolute atomic E-state index is 13.9. The molecule has 1 aliphatic rings.